The number of aryl methyl sites for hydroxylation is 2. The van der Waals surface area contributed by atoms with Crippen molar-refractivity contribution < 1.29 is 13.2 Å². The van der Waals surface area contributed by atoms with Gasteiger partial charge in [-0.2, -0.15) is 0 Å². The number of carbonyl (C=O) groups excluding carboxylic acids is 1. The molecule has 0 aromatic heterocycles. The first kappa shape index (κ1) is 25.5. The maximum absolute atomic E-state index is 13.5. The van der Waals surface area contributed by atoms with E-state index in [1.807, 2.05) is 6.92 Å². The number of rotatable bonds is 9. The standard InChI is InChI=1S/C25H34ClN3O3S/c1-19-5-9-23(10-6-19)33(31,32)29(24-17-22(26)8-7-21(24)3)18-25(30)27-13-4-14-28-15-11-20(2)12-16-28/h5-10,17,20H,4,11-16,18H2,1-3H3,(H,27,30). The molecule has 0 saturated carbocycles. The largest absolute Gasteiger partial charge is 0.354 e. The van der Waals surface area contributed by atoms with E-state index < -0.39 is 10.0 Å². The average molecular weight is 492 g/mol. The molecule has 3 rings (SSSR count). The molecule has 33 heavy (non-hydrogen) atoms. The van der Waals surface area contributed by atoms with Gasteiger partial charge in [0, 0.05) is 11.6 Å². The van der Waals surface area contributed by atoms with Gasteiger partial charge in [0.2, 0.25) is 5.91 Å². The first-order valence-corrected chi connectivity index (χ1v) is 13.3. The van der Waals surface area contributed by atoms with Gasteiger partial charge < -0.3 is 10.2 Å². The topological polar surface area (TPSA) is 69.7 Å². The fourth-order valence-electron chi connectivity index (χ4n) is 3.99. The first-order chi connectivity index (χ1) is 15.7. The summed E-state index contributed by atoms with van der Waals surface area (Å²) in [7, 11) is -3.95. The van der Waals surface area contributed by atoms with Crippen LogP contribution in [0.3, 0.4) is 0 Å². The molecule has 0 bridgehead atoms. The maximum atomic E-state index is 13.5. The summed E-state index contributed by atoms with van der Waals surface area (Å²) < 4.78 is 28.2. The Morgan fingerprint density at radius 1 is 1.12 bits per heavy atom. The molecule has 2 aromatic rings. The molecule has 0 atom stereocenters. The van der Waals surface area contributed by atoms with E-state index in [1.165, 1.54) is 12.8 Å². The lowest BCUT2D eigenvalue weighted by atomic mass is 9.99. The molecule has 6 nitrogen and oxygen atoms in total. The number of likely N-dealkylation sites (tertiary alicyclic amines) is 1. The second-order valence-corrected chi connectivity index (χ2v) is 11.3. The lowest BCUT2D eigenvalue weighted by Crippen LogP contribution is -2.42. The van der Waals surface area contributed by atoms with Crippen molar-refractivity contribution in [2.75, 3.05) is 37.0 Å². The van der Waals surface area contributed by atoms with E-state index >= 15 is 0 Å². The third-order valence-electron chi connectivity index (χ3n) is 6.19. The van der Waals surface area contributed by atoms with Gasteiger partial charge in [0.15, 0.2) is 0 Å². The molecule has 1 N–H and O–H groups in total. The average Bonchev–Trinajstić information content (AvgIpc) is 2.78. The maximum Gasteiger partial charge on any atom is 0.264 e. The van der Waals surface area contributed by atoms with Crippen LogP contribution in [0.2, 0.25) is 5.02 Å². The number of halogens is 1. The molecule has 1 aliphatic rings. The number of anilines is 1. The second-order valence-electron chi connectivity index (χ2n) is 8.98. The van der Waals surface area contributed by atoms with Gasteiger partial charge in [-0.1, -0.05) is 42.3 Å². The highest BCUT2D eigenvalue weighted by atomic mass is 35.5. The zero-order valence-electron chi connectivity index (χ0n) is 19.7. The minimum absolute atomic E-state index is 0.139. The Kier molecular flexibility index (Phi) is 8.79. The van der Waals surface area contributed by atoms with Crippen LogP contribution in [0, 0.1) is 19.8 Å². The second kappa shape index (κ2) is 11.4. The number of piperidine rings is 1. The van der Waals surface area contributed by atoms with E-state index in [2.05, 4.69) is 17.1 Å². The Hall–Kier alpha value is -2.09. The Morgan fingerprint density at radius 3 is 2.45 bits per heavy atom. The van der Waals surface area contributed by atoms with Crippen LogP contribution >= 0.6 is 11.6 Å². The van der Waals surface area contributed by atoms with Crippen LogP contribution in [-0.4, -0.2) is 51.9 Å². The highest BCUT2D eigenvalue weighted by Crippen LogP contribution is 2.29. The predicted molar refractivity (Wildman–Crippen MR) is 134 cm³/mol. The van der Waals surface area contributed by atoms with E-state index in [4.69, 9.17) is 11.6 Å². The third kappa shape index (κ3) is 6.95. The third-order valence-corrected chi connectivity index (χ3v) is 8.19. The number of sulfonamides is 1. The van der Waals surface area contributed by atoms with E-state index in [1.54, 1.807) is 49.4 Å². The minimum atomic E-state index is -3.95. The van der Waals surface area contributed by atoms with Crippen molar-refractivity contribution in [2.24, 2.45) is 5.92 Å². The van der Waals surface area contributed by atoms with Crippen LogP contribution in [0.1, 0.15) is 37.3 Å². The number of amides is 1. The molecule has 0 spiro atoms. The molecular weight excluding hydrogens is 458 g/mol. The normalized spacial score (nSPS) is 15.4. The molecule has 180 valence electrons. The molecule has 1 saturated heterocycles. The first-order valence-electron chi connectivity index (χ1n) is 11.5. The zero-order valence-corrected chi connectivity index (χ0v) is 21.3. The van der Waals surface area contributed by atoms with Crippen molar-refractivity contribution in [1.29, 1.82) is 0 Å². The van der Waals surface area contributed by atoms with Gasteiger partial charge in [-0.15, -0.1) is 0 Å². The summed E-state index contributed by atoms with van der Waals surface area (Å²) in [5.74, 6) is 0.453. The van der Waals surface area contributed by atoms with Crippen LogP contribution in [0.4, 0.5) is 5.69 Å². The number of nitrogens with one attached hydrogen (secondary N) is 1. The fourth-order valence-corrected chi connectivity index (χ4v) is 5.63. The number of hydrogen-bond acceptors (Lipinski definition) is 4. The summed E-state index contributed by atoms with van der Waals surface area (Å²) in [5, 5.41) is 3.31. The number of hydrogen-bond donors (Lipinski definition) is 1. The molecule has 0 unspecified atom stereocenters. The van der Waals surface area contributed by atoms with Gasteiger partial charge in [0.1, 0.15) is 6.54 Å². The van der Waals surface area contributed by atoms with Crippen LogP contribution in [-0.2, 0) is 14.8 Å². The van der Waals surface area contributed by atoms with Crippen LogP contribution in [0.5, 0.6) is 0 Å². The Balaban J connectivity index is 1.70. The fraction of sp³-hybridized carbons (Fsp3) is 0.480. The summed E-state index contributed by atoms with van der Waals surface area (Å²) >= 11 is 6.17. The number of nitrogens with zero attached hydrogens (tertiary/aromatic N) is 2. The summed E-state index contributed by atoms with van der Waals surface area (Å²) in [4.78, 5) is 15.4. The summed E-state index contributed by atoms with van der Waals surface area (Å²) in [5.41, 5.74) is 2.09. The van der Waals surface area contributed by atoms with Gasteiger partial charge in [-0.3, -0.25) is 9.10 Å². The van der Waals surface area contributed by atoms with Crippen LogP contribution < -0.4 is 9.62 Å². The van der Waals surface area contributed by atoms with Crippen molar-refractivity contribution in [2.45, 2.75) is 44.9 Å². The van der Waals surface area contributed by atoms with Crippen molar-refractivity contribution in [3.8, 4) is 0 Å². The lowest BCUT2D eigenvalue weighted by molar-refractivity contribution is -0.119. The van der Waals surface area contributed by atoms with Crippen molar-refractivity contribution in [3.63, 3.8) is 0 Å². The van der Waals surface area contributed by atoms with E-state index in [-0.39, 0.29) is 17.3 Å². The smallest absolute Gasteiger partial charge is 0.264 e. The molecule has 0 aliphatic carbocycles. The van der Waals surface area contributed by atoms with Gasteiger partial charge in [0.05, 0.1) is 10.6 Å². The summed E-state index contributed by atoms with van der Waals surface area (Å²) in [6, 6.07) is 11.7. The highest BCUT2D eigenvalue weighted by molar-refractivity contribution is 7.92. The Bertz CT molecular complexity index is 1050. The number of benzene rings is 2. The molecule has 8 heteroatoms. The zero-order chi connectivity index (χ0) is 24.0. The van der Waals surface area contributed by atoms with Crippen molar-refractivity contribution >= 4 is 33.2 Å². The highest BCUT2D eigenvalue weighted by Gasteiger charge is 2.28. The van der Waals surface area contributed by atoms with E-state index in [9.17, 15) is 13.2 Å². The Labute approximate surface area is 203 Å². The van der Waals surface area contributed by atoms with Gasteiger partial charge >= 0.3 is 0 Å². The summed E-state index contributed by atoms with van der Waals surface area (Å²) in [6.45, 7) is 9.34. The Morgan fingerprint density at radius 2 is 1.79 bits per heavy atom. The lowest BCUT2D eigenvalue weighted by Gasteiger charge is -2.30. The minimum Gasteiger partial charge on any atom is -0.354 e. The molecule has 1 amide bonds. The quantitative estimate of drug-likeness (QED) is 0.528. The molecule has 1 heterocycles. The van der Waals surface area contributed by atoms with Crippen LogP contribution in [0.25, 0.3) is 0 Å². The molecular formula is C25H34ClN3O3S. The summed E-state index contributed by atoms with van der Waals surface area (Å²) in [6.07, 6.45) is 3.27. The predicted octanol–water partition coefficient (Wildman–Crippen LogP) is 4.39. The monoisotopic (exact) mass is 491 g/mol. The van der Waals surface area contributed by atoms with Gasteiger partial charge in [0.25, 0.3) is 10.0 Å². The molecule has 2 aromatic carbocycles. The van der Waals surface area contributed by atoms with Crippen molar-refractivity contribution in [1.82, 2.24) is 10.2 Å². The van der Waals surface area contributed by atoms with Gasteiger partial charge in [-0.25, -0.2) is 8.42 Å². The molecule has 1 aliphatic heterocycles. The van der Waals surface area contributed by atoms with Crippen molar-refractivity contribution in [3.05, 3.63) is 58.6 Å². The molecule has 1 fully saturated rings. The number of carbonyl (C=O) groups is 1. The SMILES string of the molecule is Cc1ccc(S(=O)(=O)N(CC(=O)NCCCN2CCC(C)CC2)c2cc(Cl)ccc2C)cc1. The molecule has 0 radical (unpaired) electrons. The van der Waals surface area contributed by atoms with Gasteiger partial charge in [-0.05, 0) is 88.5 Å². The van der Waals surface area contributed by atoms with E-state index in [0.717, 1.165) is 47.4 Å². The van der Waals surface area contributed by atoms with Crippen LogP contribution in [0.15, 0.2) is 47.4 Å². The van der Waals surface area contributed by atoms with E-state index in [0.29, 0.717) is 17.3 Å².